The van der Waals surface area contributed by atoms with Gasteiger partial charge in [0.2, 0.25) is 11.8 Å². The fourth-order valence-electron chi connectivity index (χ4n) is 2.49. The molecule has 1 aliphatic rings. The van der Waals surface area contributed by atoms with E-state index in [4.69, 9.17) is 0 Å². The van der Waals surface area contributed by atoms with Crippen LogP contribution in [-0.4, -0.2) is 61.4 Å². The monoisotopic (exact) mass is 297 g/mol. The molecule has 1 aliphatic heterocycles. The van der Waals surface area contributed by atoms with Gasteiger partial charge in [0.1, 0.15) is 0 Å². The van der Waals surface area contributed by atoms with Crippen molar-refractivity contribution in [2.24, 2.45) is 11.3 Å². The number of hydrogen-bond acceptors (Lipinski definition) is 3. The van der Waals surface area contributed by atoms with E-state index in [-0.39, 0.29) is 23.1 Å². The summed E-state index contributed by atoms with van der Waals surface area (Å²) in [6.45, 7) is 11.9. The average Bonchev–Trinajstić information content (AvgIpc) is 2.45. The second-order valence-corrected chi connectivity index (χ2v) is 7.00. The highest BCUT2D eigenvalue weighted by atomic mass is 16.2. The summed E-state index contributed by atoms with van der Waals surface area (Å²) in [5.74, 6) is 0.384. The molecule has 1 N–H and O–H groups in total. The predicted molar refractivity (Wildman–Crippen MR) is 84.9 cm³/mol. The number of carbonyl (C=O) groups excluding carboxylic acids is 2. The van der Waals surface area contributed by atoms with Crippen LogP contribution in [0.25, 0.3) is 0 Å². The van der Waals surface area contributed by atoms with Gasteiger partial charge in [-0.3, -0.25) is 9.59 Å². The van der Waals surface area contributed by atoms with Crippen LogP contribution in [0, 0.1) is 11.3 Å². The maximum atomic E-state index is 12.2. The Kier molecular flexibility index (Phi) is 6.65. The molecule has 0 atom stereocenters. The summed E-state index contributed by atoms with van der Waals surface area (Å²) in [5, 5.41) is 3.01. The highest BCUT2D eigenvalue weighted by molar-refractivity contribution is 5.82. The summed E-state index contributed by atoms with van der Waals surface area (Å²) in [6, 6.07) is 0. The molecule has 0 aromatic heterocycles. The van der Waals surface area contributed by atoms with Crippen molar-refractivity contribution in [1.29, 1.82) is 0 Å². The summed E-state index contributed by atoms with van der Waals surface area (Å²) in [4.78, 5) is 28.4. The van der Waals surface area contributed by atoms with E-state index in [0.29, 0.717) is 19.6 Å². The molecule has 0 aromatic rings. The minimum absolute atomic E-state index is 0.0564. The lowest BCUT2D eigenvalue weighted by Gasteiger charge is -2.35. The number of amides is 2. The normalized spacial score (nSPS) is 17.1. The zero-order valence-corrected chi connectivity index (χ0v) is 14.2. The van der Waals surface area contributed by atoms with Gasteiger partial charge in [0.05, 0.1) is 0 Å². The number of likely N-dealkylation sites (tertiary alicyclic amines) is 1. The van der Waals surface area contributed by atoms with Crippen LogP contribution in [0.3, 0.4) is 0 Å². The number of rotatable bonds is 5. The van der Waals surface area contributed by atoms with E-state index in [0.717, 1.165) is 25.9 Å². The first-order chi connectivity index (χ1) is 9.75. The maximum absolute atomic E-state index is 12.2. The van der Waals surface area contributed by atoms with Crippen LogP contribution in [0.1, 0.15) is 40.5 Å². The molecule has 1 heterocycles. The van der Waals surface area contributed by atoms with E-state index >= 15 is 0 Å². The molecular formula is C16H31N3O2. The lowest BCUT2D eigenvalue weighted by atomic mass is 9.91. The second kappa shape index (κ2) is 7.78. The van der Waals surface area contributed by atoms with E-state index in [1.54, 1.807) is 0 Å². The summed E-state index contributed by atoms with van der Waals surface area (Å²) in [5.41, 5.74) is -0.333. The Bertz CT molecular complexity index is 355. The van der Waals surface area contributed by atoms with Crippen LogP contribution in [0.2, 0.25) is 0 Å². The van der Waals surface area contributed by atoms with E-state index < -0.39 is 0 Å². The molecule has 0 saturated carbocycles. The molecule has 122 valence electrons. The molecule has 5 heteroatoms. The fraction of sp³-hybridized carbons (Fsp3) is 0.875. The smallest absolute Gasteiger partial charge is 0.227 e. The molecule has 0 bridgehead atoms. The van der Waals surface area contributed by atoms with Gasteiger partial charge in [-0.25, -0.2) is 0 Å². The molecule has 1 fully saturated rings. The van der Waals surface area contributed by atoms with Crippen LogP contribution >= 0.6 is 0 Å². The van der Waals surface area contributed by atoms with E-state index in [1.807, 2.05) is 32.7 Å². The molecule has 0 radical (unpaired) electrons. The first-order valence-electron chi connectivity index (χ1n) is 8.01. The second-order valence-electron chi connectivity index (χ2n) is 7.00. The third-order valence-electron chi connectivity index (χ3n) is 4.13. The van der Waals surface area contributed by atoms with Gasteiger partial charge < -0.3 is 15.1 Å². The Hall–Kier alpha value is -1.10. The number of nitrogens with zero attached hydrogens (tertiary/aromatic N) is 2. The summed E-state index contributed by atoms with van der Waals surface area (Å²) < 4.78 is 0. The Balaban J connectivity index is 2.32. The van der Waals surface area contributed by atoms with Crippen molar-refractivity contribution < 1.29 is 9.59 Å². The SMILES string of the molecule is CCN(C)CCNC(=O)C1CCN(C(=O)C(C)(C)C)CC1. The molecule has 0 spiro atoms. The van der Waals surface area contributed by atoms with Crippen LogP contribution in [-0.2, 0) is 9.59 Å². The molecular weight excluding hydrogens is 266 g/mol. The van der Waals surface area contributed by atoms with Crippen LogP contribution in [0.15, 0.2) is 0 Å². The molecule has 1 rings (SSSR count). The van der Waals surface area contributed by atoms with Gasteiger partial charge in [0.25, 0.3) is 0 Å². The van der Waals surface area contributed by atoms with Gasteiger partial charge in [-0.1, -0.05) is 27.7 Å². The molecule has 2 amide bonds. The van der Waals surface area contributed by atoms with Crippen LogP contribution in [0.4, 0.5) is 0 Å². The maximum Gasteiger partial charge on any atom is 0.227 e. The zero-order chi connectivity index (χ0) is 16.0. The third-order valence-corrected chi connectivity index (χ3v) is 4.13. The predicted octanol–water partition coefficient (Wildman–Crippen LogP) is 1.34. The summed E-state index contributed by atoms with van der Waals surface area (Å²) in [6.07, 6.45) is 1.55. The fourth-order valence-corrected chi connectivity index (χ4v) is 2.49. The van der Waals surface area contributed by atoms with Crippen molar-refractivity contribution in [3.8, 4) is 0 Å². The van der Waals surface area contributed by atoms with Crippen LogP contribution < -0.4 is 5.32 Å². The van der Waals surface area contributed by atoms with Gasteiger partial charge in [-0.05, 0) is 26.4 Å². The van der Waals surface area contributed by atoms with Gasteiger partial charge >= 0.3 is 0 Å². The van der Waals surface area contributed by atoms with Crippen molar-refractivity contribution in [2.45, 2.75) is 40.5 Å². The summed E-state index contributed by atoms with van der Waals surface area (Å²) in [7, 11) is 2.04. The van der Waals surface area contributed by atoms with Crippen molar-refractivity contribution >= 4 is 11.8 Å². The number of piperidine rings is 1. The minimum Gasteiger partial charge on any atom is -0.355 e. The van der Waals surface area contributed by atoms with Gasteiger partial charge in [0.15, 0.2) is 0 Å². The number of hydrogen-bond donors (Lipinski definition) is 1. The topological polar surface area (TPSA) is 52.7 Å². The molecule has 1 saturated heterocycles. The standard InChI is InChI=1S/C16H31N3O2/c1-6-18(5)12-9-17-14(20)13-7-10-19(11-8-13)15(21)16(2,3)4/h13H,6-12H2,1-5H3,(H,17,20). The molecule has 0 aromatic carbocycles. The Morgan fingerprint density at radius 2 is 1.81 bits per heavy atom. The van der Waals surface area contributed by atoms with Gasteiger partial charge in [0, 0.05) is 37.5 Å². The Labute approximate surface area is 129 Å². The number of carbonyl (C=O) groups is 2. The van der Waals surface area contributed by atoms with Gasteiger partial charge in [-0.15, -0.1) is 0 Å². The molecule has 5 nitrogen and oxygen atoms in total. The highest BCUT2D eigenvalue weighted by Gasteiger charge is 2.32. The Morgan fingerprint density at radius 3 is 2.29 bits per heavy atom. The zero-order valence-electron chi connectivity index (χ0n) is 14.2. The van der Waals surface area contributed by atoms with E-state index in [1.165, 1.54) is 0 Å². The molecule has 21 heavy (non-hydrogen) atoms. The van der Waals surface area contributed by atoms with Crippen molar-refractivity contribution in [1.82, 2.24) is 15.1 Å². The highest BCUT2D eigenvalue weighted by Crippen LogP contribution is 2.23. The quantitative estimate of drug-likeness (QED) is 0.833. The third kappa shape index (κ3) is 5.65. The van der Waals surface area contributed by atoms with Crippen molar-refractivity contribution in [2.75, 3.05) is 39.8 Å². The van der Waals surface area contributed by atoms with Gasteiger partial charge in [-0.2, -0.15) is 0 Å². The van der Waals surface area contributed by atoms with E-state index in [2.05, 4.69) is 17.1 Å². The largest absolute Gasteiger partial charge is 0.355 e. The lowest BCUT2D eigenvalue weighted by molar-refractivity contribution is -0.142. The van der Waals surface area contributed by atoms with Crippen molar-refractivity contribution in [3.05, 3.63) is 0 Å². The van der Waals surface area contributed by atoms with E-state index in [9.17, 15) is 9.59 Å². The number of likely N-dealkylation sites (N-methyl/N-ethyl adjacent to an activating group) is 1. The Morgan fingerprint density at radius 1 is 1.24 bits per heavy atom. The molecule has 0 unspecified atom stereocenters. The lowest BCUT2D eigenvalue weighted by Crippen LogP contribution is -2.47. The first kappa shape index (κ1) is 18.0. The summed E-state index contributed by atoms with van der Waals surface area (Å²) >= 11 is 0. The van der Waals surface area contributed by atoms with Crippen LogP contribution in [0.5, 0.6) is 0 Å². The molecule has 0 aliphatic carbocycles. The van der Waals surface area contributed by atoms with Crippen molar-refractivity contribution in [3.63, 3.8) is 0 Å². The first-order valence-corrected chi connectivity index (χ1v) is 8.01. The minimum atomic E-state index is -0.333. The average molecular weight is 297 g/mol. The number of nitrogens with one attached hydrogen (secondary N) is 1.